The van der Waals surface area contributed by atoms with Crippen LogP contribution in [0.5, 0.6) is 0 Å². The lowest BCUT2D eigenvalue weighted by atomic mass is 9.99. The number of pyridine rings is 1. The molecular formula is C12H12FN3S. The maximum Gasteiger partial charge on any atom is 0.142 e. The number of halogens is 1. The van der Waals surface area contributed by atoms with Crippen LogP contribution in [0.15, 0.2) is 18.3 Å². The number of hydrogen-bond acceptors (Lipinski definition) is 4. The molecule has 0 saturated carbocycles. The Morgan fingerprint density at radius 2 is 2.29 bits per heavy atom. The fourth-order valence-corrected chi connectivity index (χ4v) is 3.21. The Kier molecular flexibility index (Phi) is 2.64. The third kappa shape index (κ3) is 1.96. The topological polar surface area (TPSA) is 51.8 Å². The number of aryl methyl sites for hydroxylation is 1. The summed E-state index contributed by atoms with van der Waals surface area (Å²) in [5, 5.41) is 0.840. The van der Waals surface area contributed by atoms with E-state index in [-0.39, 0.29) is 11.9 Å². The van der Waals surface area contributed by atoms with E-state index in [1.54, 1.807) is 17.4 Å². The molecule has 1 aliphatic rings. The number of nitrogens with two attached hydrogens (primary N) is 1. The molecule has 3 nitrogen and oxygen atoms in total. The highest BCUT2D eigenvalue weighted by Gasteiger charge is 2.22. The quantitative estimate of drug-likeness (QED) is 0.845. The third-order valence-electron chi connectivity index (χ3n) is 2.94. The molecule has 0 spiro atoms. The van der Waals surface area contributed by atoms with E-state index in [1.165, 1.54) is 17.1 Å². The first-order valence-electron chi connectivity index (χ1n) is 5.61. The SMILES string of the molecule is NC1CCCc2sc(-c3ccc(F)cn3)nc21. The predicted octanol–water partition coefficient (Wildman–Crippen LogP) is 2.68. The Balaban J connectivity index is 2.02. The van der Waals surface area contributed by atoms with Crippen LogP contribution in [-0.2, 0) is 6.42 Å². The highest BCUT2D eigenvalue weighted by Crippen LogP contribution is 2.35. The zero-order valence-electron chi connectivity index (χ0n) is 9.19. The minimum absolute atomic E-state index is 0.0456. The second-order valence-corrected chi connectivity index (χ2v) is 5.27. The summed E-state index contributed by atoms with van der Waals surface area (Å²) in [6.07, 6.45) is 4.37. The first-order valence-corrected chi connectivity index (χ1v) is 6.43. The van der Waals surface area contributed by atoms with Crippen LogP contribution in [0, 0.1) is 5.82 Å². The highest BCUT2D eigenvalue weighted by molar-refractivity contribution is 7.15. The van der Waals surface area contributed by atoms with Gasteiger partial charge < -0.3 is 5.73 Å². The lowest BCUT2D eigenvalue weighted by molar-refractivity contribution is 0.564. The van der Waals surface area contributed by atoms with Crippen molar-refractivity contribution >= 4 is 11.3 Å². The van der Waals surface area contributed by atoms with Crippen molar-refractivity contribution in [3.63, 3.8) is 0 Å². The molecule has 0 fully saturated rings. The summed E-state index contributed by atoms with van der Waals surface area (Å²) >= 11 is 1.62. The average molecular weight is 249 g/mol. The largest absolute Gasteiger partial charge is 0.323 e. The molecule has 0 saturated heterocycles. The third-order valence-corrected chi connectivity index (χ3v) is 4.10. The first kappa shape index (κ1) is 10.8. The van der Waals surface area contributed by atoms with Crippen LogP contribution in [0.4, 0.5) is 4.39 Å². The van der Waals surface area contributed by atoms with Gasteiger partial charge in [-0.25, -0.2) is 9.37 Å². The van der Waals surface area contributed by atoms with Crippen LogP contribution in [0.2, 0.25) is 0 Å². The van der Waals surface area contributed by atoms with Gasteiger partial charge in [-0.2, -0.15) is 0 Å². The monoisotopic (exact) mass is 249 g/mol. The highest BCUT2D eigenvalue weighted by atomic mass is 32.1. The number of nitrogens with zero attached hydrogens (tertiary/aromatic N) is 2. The van der Waals surface area contributed by atoms with E-state index in [9.17, 15) is 4.39 Å². The van der Waals surface area contributed by atoms with Crippen LogP contribution in [0.25, 0.3) is 10.7 Å². The van der Waals surface area contributed by atoms with E-state index in [0.717, 1.165) is 35.7 Å². The van der Waals surface area contributed by atoms with Crippen LogP contribution in [0.1, 0.15) is 29.5 Å². The Hall–Kier alpha value is -1.33. The van der Waals surface area contributed by atoms with Crippen molar-refractivity contribution in [3.05, 3.63) is 34.7 Å². The smallest absolute Gasteiger partial charge is 0.142 e. The second kappa shape index (κ2) is 4.16. The Morgan fingerprint density at radius 3 is 3.00 bits per heavy atom. The number of fused-ring (bicyclic) bond motifs is 1. The van der Waals surface area contributed by atoms with Gasteiger partial charge in [0.15, 0.2) is 0 Å². The minimum Gasteiger partial charge on any atom is -0.323 e. The van der Waals surface area contributed by atoms with Crippen molar-refractivity contribution in [1.82, 2.24) is 9.97 Å². The zero-order chi connectivity index (χ0) is 11.8. The zero-order valence-corrected chi connectivity index (χ0v) is 10.0. The van der Waals surface area contributed by atoms with Gasteiger partial charge in [-0.15, -0.1) is 11.3 Å². The van der Waals surface area contributed by atoms with Gasteiger partial charge >= 0.3 is 0 Å². The first-order chi connectivity index (χ1) is 8.24. The summed E-state index contributed by atoms with van der Waals surface area (Å²) in [7, 11) is 0. The van der Waals surface area contributed by atoms with Gasteiger partial charge in [0, 0.05) is 10.9 Å². The van der Waals surface area contributed by atoms with Crippen LogP contribution >= 0.6 is 11.3 Å². The maximum atomic E-state index is 12.8. The molecule has 17 heavy (non-hydrogen) atoms. The molecule has 2 heterocycles. The van der Waals surface area contributed by atoms with Crippen molar-refractivity contribution in [1.29, 1.82) is 0 Å². The normalized spacial score (nSPS) is 19.1. The molecule has 3 rings (SSSR count). The maximum absolute atomic E-state index is 12.8. The number of thiazole rings is 1. The lowest BCUT2D eigenvalue weighted by Crippen LogP contribution is -2.16. The molecule has 1 unspecified atom stereocenters. The van der Waals surface area contributed by atoms with Gasteiger partial charge in [-0.1, -0.05) is 0 Å². The molecule has 1 atom stereocenters. The Bertz CT molecular complexity index is 535. The average Bonchev–Trinajstić information content (AvgIpc) is 2.75. The van der Waals surface area contributed by atoms with Gasteiger partial charge in [0.2, 0.25) is 0 Å². The summed E-state index contributed by atoms with van der Waals surface area (Å²) < 4.78 is 12.8. The Morgan fingerprint density at radius 1 is 1.41 bits per heavy atom. The molecule has 0 aromatic carbocycles. The molecule has 2 aromatic rings. The molecule has 0 radical (unpaired) electrons. The van der Waals surface area contributed by atoms with Crippen LogP contribution in [0.3, 0.4) is 0 Å². The second-order valence-electron chi connectivity index (χ2n) is 4.19. The number of rotatable bonds is 1. The standard InChI is InChI=1S/C12H12FN3S/c13-7-4-5-9(15-6-7)12-16-11-8(14)2-1-3-10(11)17-12/h4-6,8H,1-3,14H2. The van der Waals surface area contributed by atoms with E-state index >= 15 is 0 Å². The summed E-state index contributed by atoms with van der Waals surface area (Å²) in [6, 6.07) is 3.11. The number of hydrogen-bond donors (Lipinski definition) is 1. The molecule has 0 amide bonds. The van der Waals surface area contributed by atoms with Crippen LogP contribution in [-0.4, -0.2) is 9.97 Å². The number of aromatic nitrogens is 2. The van der Waals surface area contributed by atoms with E-state index in [0.29, 0.717) is 0 Å². The molecule has 88 valence electrons. The van der Waals surface area contributed by atoms with Crippen molar-refractivity contribution < 1.29 is 4.39 Å². The van der Waals surface area contributed by atoms with E-state index in [4.69, 9.17) is 5.73 Å². The van der Waals surface area contributed by atoms with E-state index in [2.05, 4.69) is 9.97 Å². The molecule has 2 aromatic heterocycles. The summed E-state index contributed by atoms with van der Waals surface area (Å²) in [6.45, 7) is 0. The van der Waals surface area contributed by atoms with Gasteiger partial charge in [-0.3, -0.25) is 4.98 Å². The summed E-state index contributed by atoms with van der Waals surface area (Å²) in [4.78, 5) is 9.84. The lowest BCUT2D eigenvalue weighted by Gasteiger charge is -2.15. The molecule has 5 heteroatoms. The summed E-state index contributed by atoms with van der Waals surface area (Å²) in [5.41, 5.74) is 7.75. The van der Waals surface area contributed by atoms with Gasteiger partial charge in [0.05, 0.1) is 17.6 Å². The van der Waals surface area contributed by atoms with Crippen molar-refractivity contribution in [2.45, 2.75) is 25.3 Å². The molecular weight excluding hydrogens is 237 g/mol. The molecule has 1 aliphatic carbocycles. The molecule has 2 N–H and O–H groups in total. The van der Waals surface area contributed by atoms with E-state index < -0.39 is 0 Å². The van der Waals surface area contributed by atoms with Gasteiger partial charge in [0.25, 0.3) is 0 Å². The van der Waals surface area contributed by atoms with Crippen molar-refractivity contribution in [3.8, 4) is 10.7 Å². The Labute approximate surface area is 103 Å². The molecule has 0 aliphatic heterocycles. The predicted molar refractivity (Wildman–Crippen MR) is 65.2 cm³/mol. The minimum atomic E-state index is -0.327. The summed E-state index contributed by atoms with van der Waals surface area (Å²) in [5.74, 6) is -0.327. The van der Waals surface area contributed by atoms with E-state index in [1.807, 2.05) is 0 Å². The van der Waals surface area contributed by atoms with Crippen molar-refractivity contribution in [2.75, 3.05) is 0 Å². The fourth-order valence-electron chi connectivity index (χ4n) is 2.06. The van der Waals surface area contributed by atoms with Crippen molar-refractivity contribution in [2.24, 2.45) is 5.73 Å². The van der Waals surface area contributed by atoms with Gasteiger partial charge in [-0.05, 0) is 31.4 Å². The molecule has 0 bridgehead atoms. The van der Waals surface area contributed by atoms with Gasteiger partial charge in [0.1, 0.15) is 10.8 Å². The van der Waals surface area contributed by atoms with Crippen LogP contribution < -0.4 is 5.73 Å². The fraction of sp³-hybridized carbons (Fsp3) is 0.333.